The van der Waals surface area contributed by atoms with Crippen LogP contribution < -0.4 is 10.6 Å². The van der Waals surface area contributed by atoms with Gasteiger partial charge in [0.15, 0.2) is 0 Å². The molecule has 1 aromatic carbocycles. The van der Waals surface area contributed by atoms with Crippen LogP contribution in [0.2, 0.25) is 0 Å². The second kappa shape index (κ2) is 13.2. The van der Waals surface area contributed by atoms with Gasteiger partial charge in [-0.2, -0.15) is 11.8 Å². The van der Waals surface area contributed by atoms with Gasteiger partial charge >= 0.3 is 6.09 Å². The molecule has 2 fully saturated rings. The minimum atomic E-state index is -0.777. The van der Waals surface area contributed by atoms with Crippen LogP contribution in [0.15, 0.2) is 18.2 Å². The lowest BCUT2D eigenvalue weighted by Crippen LogP contribution is -2.55. The van der Waals surface area contributed by atoms with Gasteiger partial charge in [0.05, 0.1) is 0 Å². The number of hydrogen-bond donors (Lipinski definition) is 2. The van der Waals surface area contributed by atoms with E-state index in [1.165, 1.54) is 6.42 Å². The minimum absolute atomic E-state index is 0.0532. The van der Waals surface area contributed by atoms with Gasteiger partial charge in [0.2, 0.25) is 11.8 Å². The van der Waals surface area contributed by atoms with E-state index in [2.05, 4.69) is 23.6 Å². The molecule has 3 amide bonds. The van der Waals surface area contributed by atoms with E-state index in [1.807, 2.05) is 32.2 Å². The number of aryl methyl sites for hydroxylation is 2. The summed E-state index contributed by atoms with van der Waals surface area (Å²) in [6.45, 7) is 11.6. The largest absolute Gasteiger partial charge is 0.444 e. The van der Waals surface area contributed by atoms with E-state index in [1.54, 1.807) is 37.4 Å². The molecule has 2 N–H and O–H groups in total. The van der Waals surface area contributed by atoms with Gasteiger partial charge in [-0.25, -0.2) is 4.79 Å². The summed E-state index contributed by atoms with van der Waals surface area (Å²) in [4.78, 5) is 42.9. The van der Waals surface area contributed by atoms with Crippen LogP contribution in [0.4, 0.5) is 4.79 Å². The van der Waals surface area contributed by atoms with E-state index >= 15 is 0 Å². The van der Waals surface area contributed by atoms with Crippen molar-refractivity contribution in [3.63, 3.8) is 0 Å². The Kier molecular flexibility index (Phi) is 10.6. The molecule has 3 rings (SSSR count). The number of carbonyl (C=O) groups is 3. The Hall–Kier alpha value is -2.22. The standard InChI is InChI=1S/C30H47N3O4S/c1-19-13-14-23(20(2)17-19)26(27(34)31-22-11-9-8-10-12-22)33(25-18-21(25)3)28(35)24(15-16-38-7)32-29(36)37-30(4,5)6/h13-14,17,21-22,24-26H,8-12,15-16,18H2,1-7H3,(H,31,34)(H,32,36). The van der Waals surface area contributed by atoms with Gasteiger partial charge in [0, 0.05) is 12.1 Å². The Bertz CT molecular complexity index is 986. The maximum absolute atomic E-state index is 14.3. The van der Waals surface area contributed by atoms with Gasteiger partial charge in [0.25, 0.3) is 0 Å². The van der Waals surface area contributed by atoms with Crippen LogP contribution in [0.3, 0.4) is 0 Å². The van der Waals surface area contributed by atoms with Gasteiger partial charge in [0.1, 0.15) is 17.7 Å². The van der Waals surface area contributed by atoms with E-state index in [-0.39, 0.29) is 29.8 Å². The van der Waals surface area contributed by atoms with Gasteiger partial charge in [-0.15, -0.1) is 0 Å². The number of rotatable bonds is 10. The summed E-state index contributed by atoms with van der Waals surface area (Å²) in [7, 11) is 0. The highest BCUT2D eigenvalue weighted by Gasteiger charge is 2.48. The Morgan fingerprint density at radius 3 is 2.34 bits per heavy atom. The molecule has 0 aromatic heterocycles. The summed E-state index contributed by atoms with van der Waals surface area (Å²) in [5.74, 6) is 0.639. The maximum atomic E-state index is 14.3. The van der Waals surface area contributed by atoms with Gasteiger partial charge < -0.3 is 20.3 Å². The number of nitrogens with one attached hydrogen (secondary N) is 2. The lowest BCUT2D eigenvalue weighted by Gasteiger charge is -2.37. The van der Waals surface area contributed by atoms with Crippen LogP contribution in [-0.2, 0) is 14.3 Å². The molecule has 1 aromatic rings. The second-order valence-electron chi connectivity index (χ2n) is 12.1. The molecular formula is C30H47N3O4S. The number of amides is 3. The monoisotopic (exact) mass is 545 g/mol. The Morgan fingerprint density at radius 1 is 1.13 bits per heavy atom. The third-order valence-corrected chi connectivity index (χ3v) is 8.12. The number of benzene rings is 1. The third kappa shape index (κ3) is 8.39. The second-order valence-corrected chi connectivity index (χ2v) is 13.1. The Morgan fingerprint density at radius 2 is 1.79 bits per heavy atom. The quantitative estimate of drug-likeness (QED) is 0.395. The zero-order valence-electron chi connectivity index (χ0n) is 24.3. The number of carbonyl (C=O) groups excluding carboxylic acids is 3. The van der Waals surface area contributed by atoms with E-state index < -0.39 is 23.8 Å². The Balaban J connectivity index is 1.98. The van der Waals surface area contributed by atoms with Crippen LogP contribution in [0.5, 0.6) is 0 Å². The summed E-state index contributed by atoms with van der Waals surface area (Å²) in [6.07, 6.45) is 8.01. The molecule has 0 saturated heterocycles. The van der Waals surface area contributed by atoms with Crippen LogP contribution in [-0.4, -0.2) is 58.5 Å². The predicted molar refractivity (Wildman–Crippen MR) is 154 cm³/mol. The number of thioether (sulfide) groups is 1. The summed E-state index contributed by atoms with van der Waals surface area (Å²) in [5, 5.41) is 6.14. The molecule has 0 bridgehead atoms. The minimum Gasteiger partial charge on any atom is -0.444 e. The molecule has 2 aliphatic rings. The van der Waals surface area contributed by atoms with Crippen LogP contribution in [0.25, 0.3) is 0 Å². The fourth-order valence-electron chi connectivity index (χ4n) is 5.37. The highest BCUT2D eigenvalue weighted by Crippen LogP contribution is 2.41. The van der Waals surface area contributed by atoms with Gasteiger partial charge in [-0.05, 0) is 89.4 Å². The summed E-state index contributed by atoms with van der Waals surface area (Å²) >= 11 is 1.62. The van der Waals surface area contributed by atoms with Crippen molar-refractivity contribution in [3.05, 3.63) is 34.9 Å². The molecule has 4 unspecified atom stereocenters. The summed E-state index contributed by atoms with van der Waals surface area (Å²) in [5.41, 5.74) is 2.27. The summed E-state index contributed by atoms with van der Waals surface area (Å²) < 4.78 is 5.49. The first kappa shape index (κ1) is 30.3. The first-order chi connectivity index (χ1) is 17.9. The molecule has 0 aliphatic heterocycles. The SMILES string of the molecule is CSCCC(NC(=O)OC(C)(C)C)C(=O)N(C(C(=O)NC1CCCCC1)c1ccc(C)cc1C)C1CC1C. The molecule has 4 atom stereocenters. The zero-order chi connectivity index (χ0) is 28.0. The topological polar surface area (TPSA) is 87.7 Å². The van der Waals surface area contributed by atoms with Crippen LogP contribution >= 0.6 is 11.8 Å². The highest BCUT2D eigenvalue weighted by atomic mass is 32.2. The third-order valence-electron chi connectivity index (χ3n) is 7.48. The van der Waals surface area contributed by atoms with Crippen molar-refractivity contribution < 1.29 is 19.1 Å². The van der Waals surface area contributed by atoms with E-state index in [0.29, 0.717) is 12.2 Å². The zero-order valence-corrected chi connectivity index (χ0v) is 25.1. The molecule has 7 nitrogen and oxygen atoms in total. The lowest BCUT2D eigenvalue weighted by molar-refractivity contribution is -0.143. The normalized spacial score (nSPS) is 21.2. The number of alkyl carbamates (subject to hydrolysis) is 1. The van der Waals surface area contributed by atoms with Crippen molar-refractivity contribution >= 4 is 29.7 Å². The van der Waals surface area contributed by atoms with Crippen LogP contribution in [0, 0.1) is 19.8 Å². The van der Waals surface area contributed by atoms with Crippen LogP contribution in [0.1, 0.15) is 95.4 Å². The van der Waals surface area contributed by atoms with Gasteiger partial charge in [-0.3, -0.25) is 9.59 Å². The summed E-state index contributed by atoms with van der Waals surface area (Å²) in [6, 6.07) is 4.61. The average molecular weight is 546 g/mol. The van der Waals surface area contributed by atoms with Crippen molar-refractivity contribution in [2.45, 2.75) is 116 Å². The molecular weight excluding hydrogens is 498 g/mol. The van der Waals surface area contributed by atoms with Crippen molar-refractivity contribution in [2.24, 2.45) is 5.92 Å². The van der Waals surface area contributed by atoms with Crippen molar-refractivity contribution in [3.8, 4) is 0 Å². The van der Waals surface area contributed by atoms with Crippen molar-refractivity contribution in [1.82, 2.24) is 15.5 Å². The molecule has 0 spiro atoms. The van der Waals surface area contributed by atoms with Gasteiger partial charge in [-0.1, -0.05) is 49.9 Å². The van der Waals surface area contributed by atoms with E-state index in [4.69, 9.17) is 4.74 Å². The average Bonchev–Trinajstić information content (AvgIpc) is 3.55. The number of ether oxygens (including phenoxy) is 1. The molecule has 0 radical (unpaired) electrons. The van der Waals surface area contributed by atoms with E-state index in [9.17, 15) is 14.4 Å². The van der Waals surface area contributed by atoms with E-state index in [0.717, 1.165) is 48.8 Å². The molecule has 2 saturated carbocycles. The molecule has 38 heavy (non-hydrogen) atoms. The van der Waals surface area contributed by atoms with Crippen molar-refractivity contribution in [2.75, 3.05) is 12.0 Å². The Labute approximate surface area is 233 Å². The lowest BCUT2D eigenvalue weighted by atomic mass is 9.93. The fraction of sp³-hybridized carbons (Fsp3) is 0.700. The van der Waals surface area contributed by atoms with Crippen molar-refractivity contribution in [1.29, 1.82) is 0 Å². The first-order valence-corrected chi connectivity index (χ1v) is 15.5. The number of nitrogens with zero attached hydrogens (tertiary/aromatic N) is 1. The smallest absolute Gasteiger partial charge is 0.408 e. The first-order valence-electron chi connectivity index (χ1n) is 14.1. The molecule has 8 heteroatoms. The molecule has 0 heterocycles. The fourth-order valence-corrected chi connectivity index (χ4v) is 5.84. The molecule has 212 valence electrons. The molecule has 2 aliphatic carbocycles. The predicted octanol–water partition coefficient (Wildman–Crippen LogP) is 5.68. The highest BCUT2D eigenvalue weighted by molar-refractivity contribution is 7.98. The number of hydrogen-bond acceptors (Lipinski definition) is 5. The maximum Gasteiger partial charge on any atom is 0.408 e.